The van der Waals surface area contributed by atoms with Crippen LogP contribution in [0.3, 0.4) is 0 Å². The average molecular weight is 287 g/mol. The number of carbonyl (C=O) groups excluding carboxylic acids is 2. The van der Waals surface area contributed by atoms with Crippen molar-refractivity contribution < 1.29 is 19.8 Å². The predicted molar refractivity (Wildman–Crippen MR) is 76.9 cm³/mol. The van der Waals surface area contributed by atoms with Gasteiger partial charge in [-0.05, 0) is 30.9 Å². The number of aliphatic hydroxyl groups is 2. The number of carbonyl (C=O) groups is 2. The van der Waals surface area contributed by atoms with E-state index in [-0.39, 0.29) is 30.7 Å². The zero-order chi connectivity index (χ0) is 15.1. The second kappa shape index (κ2) is 5.09. The summed E-state index contributed by atoms with van der Waals surface area (Å²) in [5, 5.41) is 18.5. The Bertz CT molecular complexity index is 690. The molecule has 0 aliphatic heterocycles. The van der Waals surface area contributed by atoms with Gasteiger partial charge in [0.1, 0.15) is 5.69 Å². The van der Waals surface area contributed by atoms with Crippen LogP contribution in [0.4, 0.5) is 0 Å². The molecule has 1 heterocycles. The van der Waals surface area contributed by atoms with E-state index in [1.54, 1.807) is 17.7 Å². The van der Waals surface area contributed by atoms with Crippen LogP contribution >= 0.6 is 0 Å². The molecule has 0 unspecified atom stereocenters. The van der Waals surface area contributed by atoms with Gasteiger partial charge in [-0.25, -0.2) is 0 Å². The summed E-state index contributed by atoms with van der Waals surface area (Å²) < 4.78 is 1.62. The molecular formula is C16H17NO4. The second-order valence-electron chi connectivity index (χ2n) is 5.46. The Morgan fingerprint density at radius 3 is 2.62 bits per heavy atom. The van der Waals surface area contributed by atoms with Gasteiger partial charge in [-0.3, -0.25) is 9.59 Å². The van der Waals surface area contributed by atoms with E-state index in [1.807, 2.05) is 0 Å². The lowest BCUT2D eigenvalue weighted by Gasteiger charge is -2.13. The number of ketones is 2. The fourth-order valence-corrected chi connectivity index (χ4v) is 2.95. The standard InChI is InChI=1S/C16H17NO4/c1-17-12(3-2-6-18)11(8-19)14-15(17)13(20)7-10(16(14)21)9-4-5-9/h2-3,7,9,18-19H,4-6,8H2,1H3/b3-2+. The number of rotatable bonds is 4. The molecule has 1 fully saturated rings. The Balaban J connectivity index is 2.19. The minimum absolute atomic E-state index is 0.143. The first-order chi connectivity index (χ1) is 10.1. The summed E-state index contributed by atoms with van der Waals surface area (Å²) >= 11 is 0. The molecule has 0 saturated heterocycles. The number of fused-ring (bicyclic) bond motifs is 1. The van der Waals surface area contributed by atoms with E-state index < -0.39 is 0 Å². The molecule has 1 saturated carbocycles. The molecule has 1 aromatic heterocycles. The number of nitrogens with zero attached hydrogens (tertiary/aromatic N) is 1. The maximum Gasteiger partial charge on any atom is 0.203 e. The van der Waals surface area contributed by atoms with E-state index in [0.717, 1.165) is 12.8 Å². The first-order valence-electron chi connectivity index (χ1n) is 7.00. The molecule has 1 aromatic rings. The van der Waals surface area contributed by atoms with E-state index in [0.29, 0.717) is 28.1 Å². The predicted octanol–water partition coefficient (Wildman–Crippen LogP) is 1.24. The van der Waals surface area contributed by atoms with Crippen LogP contribution in [0.15, 0.2) is 17.7 Å². The summed E-state index contributed by atoms with van der Waals surface area (Å²) in [6.07, 6.45) is 6.48. The molecule has 3 rings (SSSR count). The topological polar surface area (TPSA) is 79.5 Å². The quantitative estimate of drug-likeness (QED) is 0.873. The lowest BCUT2D eigenvalue weighted by atomic mass is 9.89. The first kappa shape index (κ1) is 14.0. The fraction of sp³-hybridized carbons (Fsp3) is 0.375. The highest BCUT2D eigenvalue weighted by Gasteiger charge is 2.39. The summed E-state index contributed by atoms with van der Waals surface area (Å²) in [4.78, 5) is 25.0. The van der Waals surface area contributed by atoms with Crippen LogP contribution in [0.1, 0.15) is 44.9 Å². The van der Waals surface area contributed by atoms with Crippen molar-refractivity contribution in [1.82, 2.24) is 4.57 Å². The monoisotopic (exact) mass is 287 g/mol. The Morgan fingerprint density at radius 1 is 1.33 bits per heavy atom. The number of allylic oxidation sites excluding steroid dienone is 2. The Kier molecular flexibility index (Phi) is 3.39. The number of aromatic nitrogens is 1. The second-order valence-corrected chi connectivity index (χ2v) is 5.46. The van der Waals surface area contributed by atoms with Crippen molar-refractivity contribution in [2.45, 2.75) is 19.4 Å². The number of hydrogen-bond acceptors (Lipinski definition) is 4. The third-order valence-corrected chi connectivity index (χ3v) is 4.11. The van der Waals surface area contributed by atoms with Gasteiger partial charge in [-0.1, -0.05) is 6.08 Å². The molecule has 21 heavy (non-hydrogen) atoms. The number of aliphatic hydroxyl groups excluding tert-OH is 2. The molecule has 110 valence electrons. The fourth-order valence-electron chi connectivity index (χ4n) is 2.95. The van der Waals surface area contributed by atoms with Gasteiger partial charge in [0.2, 0.25) is 5.78 Å². The van der Waals surface area contributed by atoms with E-state index in [4.69, 9.17) is 5.11 Å². The van der Waals surface area contributed by atoms with Gasteiger partial charge in [-0.2, -0.15) is 0 Å². The van der Waals surface area contributed by atoms with E-state index in [9.17, 15) is 14.7 Å². The normalized spacial score (nSPS) is 18.3. The molecule has 2 aliphatic carbocycles. The maximum absolute atomic E-state index is 12.6. The molecule has 2 aliphatic rings. The van der Waals surface area contributed by atoms with Crippen molar-refractivity contribution in [3.05, 3.63) is 40.2 Å². The first-order valence-corrected chi connectivity index (χ1v) is 7.00. The number of hydrogen-bond donors (Lipinski definition) is 2. The van der Waals surface area contributed by atoms with Gasteiger partial charge >= 0.3 is 0 Å². The SMILES string of the molecule is Cn1c(/C=C/CO)c(CO)c2c1C(=O)C=C(C1CC1)C2=O. The molecule has 0 radical (unpaired) electrons. The van der Waals surface area contributed by atoms with E-state index in [2.05, 4.69) is 0 Å². The van der Waals surface area contributed by atoms with Crippen LogP contribution < -0.4 is 0 Å². The molecule has 0 aromatic carbocycles. The van der Waals surface area contributed by atoms with Crippen LogP contribution in [-0.4, -0.2) is 33.0 Å². The van der Waals surface area contributed by atoms with Crippen molar-refractivity contribution in [3.63, 3.8) is 0 Å². The Hall–Kier alpha value is -1.98. The minimum atomic E-state index is -0.314. The average Bonchev–Trinajstić information content (AvgIpc) is 3.25. The summed E-state index contributed by atoms with van der Waals surface area (Å²) in [7, 11) is 1.69. The van der Waals surface area contributed by atoms with Crippen LogP contribution in [0, 0.1) is 5.92 Å². The smallest absolute Gasteiger partial charge is 0.203 e. The van der Waals surface area contributed by atoms with Crippen LogP contribution in [-0.2, 0) is 13.7 Å². The van der Waals surface area contributed by atoms with Crippen LogP contribution in [0.25, 0.3) is 6.08 Å². The largest absolute Gasteiger partial charge is 0.392 e. The molecule has 2 N–H and O–H groups in total. The Morgan fingerprint density at radius 2 is 2.05 bits per heavy atom. The van der Waals surface area contributed by atoms with Crippen LogP contribution in [0.5, 0.6) is 0 Å². The van der Waals surface area contributed by atoms with Crippen molar-refractivity contribution in [3.8, 4) is 0 Å². The summed E-state index contributed by atoms with van der Waals surface area (Å²) in [5.74, 6) is -0.138. The molecule has 5 nitrogen and oxygen atoms in total. The summed E-state index contributed by atoms with van der Waals surface area (Å²) in [6.45, 7) is -0.459. The third-order valence-electron chi connectivity index (χ3n) is 4.11. The zero-order valence-electron chi connectivity index (χ0n) is 11.8. The van der Waals surface area contributed by atoms with Gasteiger partial charge in [0.15, 0.2) is 5.78 Å². The van der Waals surface area contributed by atoms with Gasteiger partial charge in [-0.15, -0.1) is 0 Å². The highest BCUT2D eigenvalue weighted by molar-refractivity contribution is 6.25. The molecule has 0 bridgehead atoms. The van der Waals surface area contributed by atoms with Gasteiger partial charge in [0, 0.05) is 23.9 Å². The zero-order valence-corrected chi connectivity index (χ0v) is 11.8. The van der Waals surface area contributed by atoms with E-state index in [1.165, 1.54) is 12.2 Å². The van der Waals surface area contributed by atoms with Crippen molar-refractivity contribution in [2.75, 3.05) is 6.61 Å². The lowest BCUT2D eigenvalue weighted by Crippen LogP contribution is -2.20. The van der Waals surface area contributed by atoms with E-state index >= 15 is 0 Å². The van der Waals surface area contributed by atoms with Crippen molar-refractivity contribution in [2.24, 2.45) is 13.0 Å². The highest BCUT2D eigenvalue weighted by Crippen LogP contribution is 2.41. The van der Waals surface area contributed by atoms with Crippen molar-refractivity contribution >= 4 is 17.6 Å². The molecular weight excluding hydrogens is 270 g/mol. The third kappa shape index (κ3) is 2.09. The maximum atomic E-state index is 12.6. The van der Waals surface area contributed by atoms with Gasteiger partial charge in [0.25, 0.3) is 0 Å². The molecule has 0 amide bonds. The summed E-state index contributed by atoms with van der Waals surface area (Å²) in [6, 6.07) is 0. The minimum Gasteiger partial charge on any atom is -0.392 e. The number of Topliss-reactive ketones (excluding diaryl/α,β-unsaturated/α-hetero) is 1. The van der Waals surface area contributed by atoms with Crippen molar-refractivity contribution in [1.29, 1.82) is 0 Å². The molecule has 5 heteroatoms. The van der Waals surface area contributed by atoms with Gasteiger partial charge in [0.05, 0.1) is 18.8 Å². The van der Waals surface area contributed by atoms with Crippen LogP contribution in [0.2, 0.25) is 0 Å². The summed E-state index contributed by atoms with van der Waals surface area (Å²) in [5.41, 5.74) is 2.27. The molecule has 0 spiro atoms. The van der Waals surface area contributed by atoms with Gasteiger partial charge < -0.3 is 14.8 Å². The highest BCUT2D eigenvalue weighted by atomic mass is 16.3. The lowest BCUT2D eigenvalue weighted by molar-refractivity contribution is 0.0974. The molecule has 0 atom stereocenters. The Labute approximate surface area is 122 Å².